The molecule has 0 aliphatic heterocycles. The third kappa shape index (κ3) is 3.12. The van der Waals surface area contributed by atoms with Gasteiger partial charge in [0.25, 0.3) is 0 Å². The molecule has 1 aromatic heterocycles. The van der Waals surface area contributed by atoms with Gasteiger partial charge >= 0.3 is 0 Å². The van der Waals surface area contributed by atoms with Crippen LogP contribution in [0, 0.1) is 12.7 Å². The molecule has 0 amide bonds. The zero-order valence-electron chi connectivity index (χ0n) is 11.2. The van der Waals surface area contributed by atoms with Crippen molar-refractivity contribution in [2.75, 3.05) is 0 Å². The van der Waals surface area contributed by atoms with Gasteiger partial charge in [0.05, 0.1) is 17.5 Å². The maximum absolute atomic E-state index is 13.2. The van der Waals surface area contributed by atoms with Crippen LogP contribution in [0.25, 0.3) is 0 Å². The van der Waals surface area contributed by atoms with E-state index in [0.29, 0.717) is 11.3 Å². The van der Waals surface area contributed by atoms with E-state index in [9.17, 15) is 9.50 Å². The first-order chi connectivity index (χ1) is 8.97. The molecule has 0 saturated heterocycles. The number of ether oxygens (including phenoxy) is 1. The summed E-state index contributed by atoms with van der Waals surface area (Å²) in [6.45, 7) is 3.79. The van der Waals surface area contributed by atoms with Gasteiger partial charge in [-0.05, 0) is 32.0 Å². The first kappa shape index (κ1) is 13.5. The number of halogens is 1. The molecule has 2 aromatic rings. The van der Waals surface area contributed by atoms with Gasteiger partial charge in [0.15, 0.2) is 0 Å². The molecule has 1 atom stereocenters. The van der Waals surface area contributed by atoms with Crippen LogP contribution in [0.4, 0.5) is 4.39 Å². The smallest absolute Gasteiger partial charge is 0.130 e. The number of aromatic nitrogens is 2. The summed E-state index contributed by atoms with van der Waals surface area (Å²) in [5.41, 5.74) is 2.36. The highest BCUT2D eigenvalue weighted by molar-refractivity contribution is 5.35. The highest BCUT2D eigenvalue weighted by Crippen LogP contribution is 2.26. The Balaban J connectivity index is 2.19. The van der Waals surface area contributed by atoms with Gasteiger partial charge in [-0.3, -0.25) is 4.68 Å². The van der Waals surface area contributed by atoms with Crippen LogP contribution in [-0.2, 0) is 13.7 Å². The fraction of sp³-hybridized carbons (Fsp3) is 0.357. The lowest BCUT2D eigenvalue weighted by molar-refractivity contribution is 0.189. The van der Waals surface area contributed by atoms with E-state index in [0.717, 1.165) is 11.4 Å². The molecule has 2 rings (SSSR count). The Morgan fingerprint density at radius 3 is 2.74 bits per heavy atom. The first-order valence-electron chi connectivity index (χ1n) is 6.07. The molecule has 0 radical (unpaired) electrons. The molecular formula is C14H17FN2O2. The molecule has 0 unspecified atom stereocenters. The van der Waals surface area contributed by atoms with Crippen molar-refractivity contribution in [3.05, 3.63) is 47.0 Å². The van der Waals surface area contributed by atoms with E-state index in [-0.39, 0.29) is 12.4 Å². The van der Waals surface area contributed by atoms with Crippen molar-refractivity contribution in [1.82, 2.24) is 9.78 Å². The number of aryl methyl sites for hydroxylation is 2. The summed E-state index contributed by atoms with van der Waals surface area (Å²) in [6, 6.07) is 6.03. The summed E-state index contributed by atoms with van der Waals surface area (Å²) in [5, 5.41) is 13.8. The minimum atomic E-state index is -0.705. The Morgan fingerprint density at radius 2 is 2.16 bits per heavy atom. The van der Waals surface area contributed by atoms with Crippen LogP contribution in [0.5, 0.6) is 5.75 Å². The standard InChI is InChI=1S/C14H17FN2O2/c1-9-6-12(17(3)16-9)8-19-14-7-11(15)4-5-13(14)10(2)18/h4-7,10,18H,8H2,1-3H3/t10-/m0/s1. The van der Waals surface area contributed by atoms with Crippen LogP contribution < -0.4 is 4.74 Å². The summed E-state index contributed by atoms with van der Waals surface area (Å²) >= 11 is 0. The predicted molar refractivity (Wildman–Crippen MR) is 69.3 cm³/mol. The lowest BCUT2D eigenvalue weighted by Crippen LogP contribution is -2.05. The normalized spacial score (nSPS) is 12.5. The van der Waals surface area contributed by atoms with Crippen molar-refractivity contribution in [3.8, 4) is 5.75 Å². The van der Waals surface area contributed by atoms with E-state index in [4.69, 9.17) is 4.74 Å². The molecular weight excluding hydrogens is 247 g/mol. The quantitative estimate of drug-likeness (QED) is 0.923. The van der Waals surface area contributed by atoms with Crippen LogP contribution in [0.2, 0.25) is 0 Å². The molecule has 0 fully saturated rings. The SMILES string of the molecule is Cc1cc(COc2cc(F)ccc2[C@H](C)O)n(C)n1. The summed E-state index contributed by atoms with van der Waals surface area (Å²) in [7, 11) is 1.83. The Bertz CT molecular complexity index is 579. The number of hydrogen-bond acceptors (Lipinski definition) is 3. The van der Waals surface area contributed by atoms with Crippen LogP contribution in [-0.4, -0.2) is 14.9 Å². The number of nitrogens with zero attached hydrogens (tertiary/aromatic N) is 2. The minimum Gasteiger partial charge on any atom is -0.487 e. The Labute approximate surface area is 111 Å². The topological polar surface area (TPSA) is 47.3 Å². The van der Waals surface area contributed by atoms with Crippen LogP contribution in [0.15, 0.2) is 24.3 Å². The second kappa shape index (κ2) is 5.40. The maximum atomic E-state index is 13.2. The predicted octanol–water partition coefficient (Wildman–Crippen LogP) is 2.50. The van der Waals surface area contributed by atoms with Gasteiger partial charge in [-0.2, -0.15) is 5.10 Å². The molecule has 0 aliphatic rings. The number of aliphatic hydroxyl groups is 1. The van der Waals surface area contributed by atoms with Gasteiger partial charge in [0, 0.05) is 18.7 Å². The molecule has 1 aromatic carbocycles. The van der Waals surface area contributed by atoms with Crippen LogP contribution in [0.3, 0.4) is 0 Å². The average molecular weight is 264 g/mol. The molecule has 4 nitrogen and oxygen atoms in total. The molecule has 0 aliphatic carbocycles. The van der Waals surface area contributed by atoms with Gasteiger partial charge in [-0.1, -0.05) is 0 Å². The Hall–Kier alpha value is -1.88. The molecule has 0 spiro atoms. The van der Waals surface area contributed by atoms with Gasteiger partial charge in [0.2, 0.25) is 0 Å². The van der Waals surface area contributed by atoms with Crippen molar-refractivity contribution in [1.29, 1.82) is 0 Å². The van der Waals surface area contributed by atoms with Gasteiger partial charge in [-0.15, -0.1) is 0 Å². The summed E-state index contributed by atoms with van der Waals surface area (Å²) in [5.74, 6) is -0.0329. The van der Waals surface area contributed by atoms with E-state index in [1.807, 2.05) is 20.0 Å². The molecule has 19 heavy (non-hydrogen) atoms. The number of rotatable bonds is 4. The third-order valence-electron chi connectivity index (χ3n) is 2.90. The lowest BCUT2D eigenvalue weighted by Gasteiger charge is -2.13. The van der Waals surface area contributed by atoms with Gasteiger partial charge in [0.1, 0.15) is 18.2 Å². The van der Waals surface area contributed by atoms with Crippen LogP contribution in [0.1, 0.15) is 30.0 Å². The van der Waals surface area contributed by atoms with Gasteiger partial charge < -0.3 is 9.84 Å². The third-order valence-corrected chi connectivity index (χ3v) is 2.90. The molecule has 5 heteroatoms. The fourth-order valence-corrected chi connectivity index (χ4v) is 1.93. The zero-order chi connectivity index (χ0) is 14.0. The Morgan fingerprint density at radius 1 is 1.42 bits per heavy atom. The Kier molecular flexibility index (Phi) is 3.85. The molecule has 1 N–H and O–H groups in total. The largest absolute Gasteiger partial charge is 0.487 e. The number of aliphatic hydroxyl groups excluding tert-OH is 1. The highest BCUT2D eigenvalue weighted by Gasteiger charge is 2.11. The second-order valence-corrected chi connectivity index (χ2v) is 4.55. The summed E-state index contributed by atoms with van der Waals surface area (Å²) in [6.07, 6.45) is -0.705. The number of hydrogen-bond donors (Lipinski definition) is 1. The van der Waals surface area contributed by atoms with Gasteiger partial charge in [-0.25, -0.2) is 4.39 Å². The van der Waals surface area contributed by atoms with E-state index in [1.165, 1.54) is 18.2 Å². The summed E-state index contributed by atoms with van der Waals surface area (Å²) < 4.78 is 20.6. The monoisotopic (exact) mass is 264 g/mol. The molecule has 0 saturated carbocycles. The number of benzene rings is 1. The fourth-order valence-electron chi connectivity index (χ4n) is 1.93. The zero-order valence-corrected chi connectivity index (χ0v) is 11.2. The second-order valence-electron chi connectivity index (χ2n) is 4.55. The lowest BCUT2D eigenvalue weighted by atomic mass is 10.1. The van der Waals surface area contributed by atoms with Crippen molar-refractivity contribution in [2.45, 2.75) is 26.6 Å². The molecule has 102 valence electrons. The van der Waals surface area contributed by atoms with Crippen LogP contribution >= 0.6 is 0 Å². The molecule has 1 heterocycles. The average Bonchev–Trinajstić information content (AvgIpc) is 2.65. The van der Waals surface area contributed by atoms with E-state index in [2.05, 4.69) is 5.10 Å². The minimum absolute atomic E-state index is 0.278. The van der Waals surface area contributed by atoms with Crippen molar-refractivity contribution in [3.63, 3.8) is 0 Å². The van der Waals surface area contributed by atoms with Crippen molar-refractivity contribution < 1.29 is 14.2 Å². The van der Waals surface area contributed by atoms with Crippen molar-refractivity contribution in [2.24, 2.45) is 7.05 Å². The highest BCUT2D eigenvalue weighted by atomic mass is 19.1. The molecule has 0 bridgehead atoms. The van der Waals surface area contributed by atoms with E-state index < -0.39 is 6.10 Å². The van der Waals surface area contributed by atoms with Crippen molar-refractivity contribution >= 4 is 0 Å². The van der Waals surface area contributed by atoms with E-state index >= 15 is 0 Å². The summed E-state index contributed by atoms with van der Waals surface area (Å²) in [4.78, 5) is 0. The maximum Gasteiger partial charge on any atom is 0.130 e. The van der Waals surface area contributed by atoms with E-state index in [1.54, 1.807) is 11.6 Å². The first-order valence-corrected chi connectivity index (χ1v) is 6.07.